The molecule has 2 N–H and O–H groups in total. The third-order valence-corrected chi connectivity index (χ3v) is 6.44. The smallest absolute Gasteiger partial charge is 0.190 e. The van der Waals surface area contributed by atoms with Crippen LogP contribution in [0.25, 0.3) is 0 Å². The van der Waals surface area contributed by atoms with Crippen molar-refractivity contribution in [2.75, 3.05) is 6.61 Å². The van der Waals surface area contributed by atoms with Crippen molar-refractivity contribution in [3.63, 3.8) is 0 Å². The van der Waals surface area contributed by atoms with E-state index >= 15 is 0 Å². The van der Waals surface area contributed by atoms with Crippen LogP contribution in [0.15, 0.2) is 91.0 Å². The monoisotopic (exact) mass is 462 g/mol. The van der Waals surface area contributed by atoms with Gasteiger partial charge in [0.2, 0.25) is 0 Å². The minimum Gasteiger partial charge on any atom is -0.388 e. The molecule has 0 bridgehead atoms. The summed E-state index contributed by atoms with van der Waals surface area (Å²) in [4.78, 5) is 0. The maximum absolute atomic E-state index is 11.1. The SMILES string of the molecule is CC1(C)O[C@H]2O[C@H](C(O)COC(c3ccccc3)(c3ccccc3)c3ccccc3)[C@@H](O)[C@H]2O1. The molecule has 6 heteroatoms. The topological polar surface area (TPSA) is 77.4 Å². The Morgan fingerprint density at radius 1 is 0.824 bits per heavy atom. The van der Waals surface area contributed by atoms with Crippen molar-refractivity contribution in [2.45, 2.75) is 55.9 Å². The molecule has 0 aliphatic carbocycles. The van der Waals surface area contributed by atoms with Gasteiger partial charge in [-0.15, -0.1) is 0 Å². The van der Waals surface area contributed by atoms with Gasteiger partial charge in [0.25, 0.3) is 0 Å². The van der Waals surface area contributed by atoms with Gasteiger partial charge in [-0.2, -0.15) is 0 Å². The van der Waals surface area contributed by atoms with E-state index in [0.717, 1.165) is 16.7 Å². The Morgan fingerprint density at radius 3 is 1.74 bits per heavy atom. The Kier molecular flexibility index (Phi) is 6.29. The molecule has 34 heavy (non-hydrogen) atoms. The predicted molar refractivity (Wildman–Crippen MR) is 126 cm³/mol. The second kappa shape index (κ2) is 9.23. The second-order valence-corrected chi connectivity index (χ2v) is 9.22. The number of benzene rings is 3. The Morgan fingerprint density at radius 2 is 1.29 bits per heavy atom. The molecule has 5 rings (SSSR count). The van der Waals surface area contributed by atoms with Gasteiger partial charge in [-0.05, 0) is 30.5 Å². The summed E-state index contributed by atoms with van der Waals surface area (Å²) in [6.07, 6.45) is -4.42. The highest BCUT2D eigenvalue weighted by atomic mass is 16.8. The first-order valence-electron chi connectivity index (χ1n) is 11.6. The van der Waals surface area contributed by atoms with Gasteiger partial charge in [0, 0.05) is 0 Å². The fraction of sp³-hybridized carbons (Fsp3) is 0.357. The number of rotatable bonds is 7. The molecule has 2 saturated heterocycles. The van der Waals surface area contributed by atoms with Gasteiger partial charge < -0.3 is 29.2 Å². The van der Waals surface area contributed by atoms with Crippen LogP contribution in [0.4, 0.5) is 0 Å². The molecular formula is C28H30O6. The lowest BCUT2D eigenvalue weighted by Gasteiger charge is -2.37. The van der Waals surface area contributed by atoms with E-state index in [1.54, 1.807) is 13.8 Å². The standard InChI is InChI=1S/C28H30O6/c1-27(2)33-25-23(30)24(32-26(25)34-27)22(29)18-31-28(19-12-6-3-7-13-19,20-14-8-4-9-15-20)21-16-10-5-11-17-21/h3-17,22-26,29-30H,18H2,1-2H3/t22?,23-,24-,25-,26-/m1/s1. The summed E-state index contributed by atoms with van der Waals surface area (Å²) >= 11 is 0. The van der Waals surface area contributed by atoms with E-state index in [1.807, 2.05) is 91.0 Å². The number of fused-ring (bicyclic) bond motifs is 1. The van der Waals surface area contributed by atoms with Crippen molar-refractivity contribution in [3.8, 4) is 0 Å². The first-order chi connectivity index (χ1) is 16.4. The highest BCUT2D eigenvalue weighted by Crippen LogP contribution is 2.42. The van der Waals surface area contributed by atoms with Gasteiger partial charge in [0.05, 0.1) is 6.61 Å². The molecule has 5 atom stereocenters. The van der Waals surface area contributed by atoms with Crippen LogP contribution in [0.1, 0.15) is 30.5 Å². The quantitative estimate of drug-likeness (QED) is 0.523. The zero-order chi connectivity index (χ0) is 23.8. The van der Waals surface area contributed by atoms with E-state index in [-0.39, 0.29) is 6.61 Å². The highest BCUT2D eigenvalue weighted by molar-refractivity contribution is 5.47. The van der Waals surface area contributed by atoms with Crippen molar-refractivity contribution in [3.05, 3.63) is 108 Å². The van der Waals surface area contributed by atoms with Crippen LogP contribution in [-0.4, -0.2) is 53.3 Å². The summed E-state index contributed by atoms with van der Waals surface area (Å²) < 4.78 is 24.0. The summed E-state index contributed by atoms with van der Waals surface area (Å²) in [6, 6.07) is 29.8. The molecule has 0 spiro atoms. The van der Waals surface area contributed by atoms with Crippen LogP contribution in [0.2, 0.25) is 0 Å². The van der Waals surface area contributed by atoms with Crippen LogP contribution in [-0.2, 0) is 24.5 Å². The third-order valence-electron chi connectivity index (χ3n) is 6.44. The number of ether oxygens (including phenoxy) is 4. The Balaban J connectivity index is 1.46. The lowest BCUT2D eigenvalue weighted by atomic mass is 9.80. The minimum atomic E-state index is -1.11. The molecule has 2 heterocycles. The maximum Gasteiger partial charge on any atom is 0.190 e. The van der Waals surface area contributed by atoms with E-state index in [9.17, 15) is 10.2 Å². The first-order valence-corrected chi connectivity index (χ1v) is 11.6. The van der Waals surface area contributed by atoms with E-state index in [0.29, 0.717) is 0 Å². The minimum absolute atomic E-state index is 0.0801. The molecule has 3 aromatic carbocycles. The van der Waals surface area contributed by atoms with Crippen molar-refractivity contribution >= 4 is 0 Å². The lowest BCUT2D eigenvalue weighted by Crippen LogP contribution is -2.45. The molecular weight excluding hydrogens is 432 g/mol. The van der Waals surface area contributed by atoms with Crippen LogP contribution in [0, 0.1) is 0 Å². The molecule has 0 amide bonds. The van der Waals surface area contributed by atoms with E-state index < -0.39 is 42.1 Å². The third kappa shape index (κ3) is 4.18. The zero-order valence-corrected chi connectivity index (χ0v) is 19.3. The summed E-state index contributed by atoms with van der Waals surface area (Å²) in [5.74, 6) is -0.841. The normalized spacial score (nSPS) is 26.8. The summed E-state index contributed by atoms with van der Waals surface area (Å²) in [6.45, 7) is 3.46. The van der Waals surface area contributed by atoms with Crippen LogP contribution >= 0.6 is 0 Å². The summed E-state index contributed by atoms with van der Waals surface area (Å²) in [7, 11) is 0. The van der Waals surface area contributed by atoms with Crippen molar-refractivity contribution in [2.24, 2.45) is 0 Å². The highest BCUT2D eigenvalue weighted by Gasteiger charge is 2.56. The number of hydrogen-bond acceptors (Lipinski definition) is 6. The average Bonchev–Trinajstić information content (AvgIpc) is 3.33. The molecule has 2 aliphatic rings. The van der Waals surface area contributed by atoms with Gasteiger partial charge in [-0.25, -0.2) is 0 Å². The van der Waals surface area contributed by atoms with Gasteiger partial charge in [-0.3, -0.25) is 0 Å². The number of aliphatic hydroxyl groups excluding tert-OH is 2. The molecule has 0 saturated carbocycles. The van der Waals surface area contributed by atoms with Crippen molar-refractivity contribution in [1.29, 1.82) is 0 Å². The fourth-order valence-corrected chi connectivity index (χ4v) is 4.91. The van der Waals surface area contributed by atoms with Crippen molar-refractivity contribution < 1.29 is 29.2 Å². The van der Waals surface area contributed by atoms with Crippen molar-refractivity contribution in [1.82, 2.24) is 0 Å². The molecule has 178 valence electrons. The van der Waals surface area contributed by atoms with E-state index in [1.165, 1.54) is 0 Å². The van der Waals surface area contributed by atoms with Gasteiger partial charge in [-0.1, -0.05) is 91.0 Å². The van der Waals surface area contributed by atoms with Crippen LogP contribution in [0.5, 0.6) is 0 Å². The second-order valence-electron chi connectivity index (χ2n) is 9.22. The Hall–Kier alpha value is -2.58. The fourth-order valence-electron chi connectivity index (χ4n) is 4.91. The van der Waals surface area contributed by atoms with Crippen LogP contribution in [0.3, 0.4) is 0 Å². The zero-order valence-electron chi connectivity index (χ0n) is 19.3. The molecule has 2 fully saturated rings. The van der Waals surface area contributed by atoms with Gasteiger partial charge in [0.15, 0.2) is 12.1 Å². The van der Waals surface area contributed by atoms with E-state index in [4.69, 9.17) is 18.9 Å². The molecule has 0 aromatic heterocycles. The lowest BCUT2D eigenvalue weighted by molar-refractivity contribution is -0.230. The molecule has 2 aliphatic heterocycles. The molecule has 3 aromatic rings. The molecule has 0 radical (unpaired) electrons. The summed E-state index contributed by atoms with van der Waals surface area (Å²) in [5, 5.41) is 21.9. The first kappa shape index (κ1) is 23.2. The Bertz CT molecular complexity index is 975. The average molecular weight is 463 g/mol. The number of hydrogen-bond donors (Lipinski definition) is 2. The molecule has 1 unspecified atom stereocenters. The van der Waals surface area contributed by atoms with Gasteiger partial charge >= 0.3 is 0 Å². The number of aliphatic hydroxyl groups is 2. The largest absolute Gasteiger partial charge is 0.388 e. The Labute approximate surface area is 199 Å². The predicted octanol–water partition coefficient (Wildman–Crippen LogP) is 3.59. The summed E-state index contributed by atoms with van der Waals surface area (Å²) in [5.41, 5.74) is 1.81. The maximum atomic E-state index is 11.1. The van der Waals surface area contributed by atoms with E-state index in [2.05, 4.69) is 0 Å². The molecule has 6 nitrogen and oxygen atoms in total. The van der Waals surface area contributed by atoms with Crippen LogP contribution < -0.4 is 0 Å². The van der Waals surface area contributed by atoms with Gasteiger partial charge in [0.1, 0.15) is 30.0 Å².